The summed E-state index contributed by atoms with van der Waals surface area (Å²) in [7, 11) is 0. The van der Waals surface area contributed by atoms with Crippen LogP contribution in [0, 0.1) is 0 Å². The normalized spacial score (nSPS) is 19.2. The number of carbonyl (C=O) groups excluding carboxylic acids is 1. The van der Waals surface area contributed by atoms with Crippen LogP contribution in [0.3, 0.4) is 0 Å². The lowest BCUT2D eigenvalue weighted by Gasteiger charge is -2.27. The zero-order valence-corrected chi connectivity index (χ0v) is 13.5. The lowest BCUT2D eigenvalue weighted by molar-refractivity contribution is -0.133. The van der Waals surface area contributed by atoms with Crippen molar-refractivity contribution in [2.45, 2.75) is 44.2 Å². The summed E-state index contributed by atoms with van der Waals surface area (Å²) in [5.74, 6) is 5.20. The van der Waals surface area contributed by atoms with Crippen molar-refractivity contribution >= 4 is 12.2 Å². The van der Waals surface area contributed by atoms with Gasteiger partial charge < -0.3 is 16.1 Å². The Morgan fingerprint density at radius 2 is 2.22 bits per heavy atom. The number of carbonyl (C=O) groups is 1. The lowest BCUT2D eigenvalue weighted by Crippen LogP contribution is -2.47. The van der Waals surface area contributed by atoms with Gasteiger partial charge in [0.1, 0.15) is 0 Å². The first-order valence-electron chi connectivity index (χ1n) is 8.26. The zero-order valence-electron chi connectivity index (χ0n) is 13.5. The average molecular weight is 317 g/mol. The summed E-state index contributed by atoms with van der Waals surface area (Å²) >= 11 is 0. The molecule has 0 aliphatic carbocycles. The minimum absolute atomic E-state index is 0.0727. The van der Waals surface area contributed by atoms with Crippen molar-refractivity contribution in [1.82, 2.24) is 10.3 Å². The number of hydrazine groups is 1. The molecular formula is C17H27N5O. The van der Waals surface area contributed by atoms with E-state index in [1.807, 2.05) is 35.2 Å². The van der Waals surface area contributed by atoms with Crippen LogP contribution >= 0.6 is 0 Å². The van der Waals surface area contributed by atoms with E-state index in [4.69, 9.17) is 11.6 Å². The molecule has 23 heavy (non-hydrogen) atoms. The van der Waals surface area contributed by atoms with E-state index in [1.165, 1.54) is 6.34 Å². The largest absolute Gasteiger partial charge is 0.338 e. The molecule has 5 N–H and O–H groups in total. The predicted octanol–water partition coefficient (Wildman–Crippen LogP) is 0.819. The van der Waals surface area contributed by atoms with E-state index in [2.05, 4.69) is 10.4 Å². The topological polar surface area (TPSA) is 96.7 Å². The summed E-state index contributed by atoms with van der Waals surface area (Å²) < 4.78 is 0. The molecule has 0 saturated carbocycles. The van der Waals surface area contributed by atoms with Crippen LogP contribution in [-0.2, 0) is 11.2 Å². The Kier molecular flexibility index (Phi) is 7.03. The molecule has 1 saturated heterocycles. The SMILES string of the molecule is NNC=NCCCC1CCCN1C(=O)C(N)Cc1ccccc1. The first-order chi connectivity index (χ1) is 11.2. The Bertz CT molecular complexity index is 505. The van der Waals surface area contributed by atoms with Crippen LogP contribution in [0.15, 0.2) is 35.3 Å². The van der Waals surface area contributed by atoms with Gasteiger partial charge in [0, 0.05) is 19.1 Å². The standard InChI is InChI=1S/C17H27N5O/c18-16(12-14-6-2-1-3-7-14)17(23)22-11-5-9-15(22)8-4-10-20-13-21-19/h1-3,6-7,13,15-16H,4-5,8-12,18-19H2,(H,20,21). The van der Waals surface area contributed by atoms with Gasteiger partial charge in [-0.1, -0.05) is 30.3 Å². The maximum atomic E-state index is 12.6. The number of nitrogens with two attached hydrogens (primary N) is 2. The van der Waals surface area contributed by atoms with Gasteiger partial charge in [-0.3, -0.25) is 9.79 Å². The van der Waals surface area contributed by atoms with Gasteiger partial charge in [-0.05, 0) is 37.7 Å². The average Bonchev–Trinajstić information content (AvgIpc) is 3.03. The van der Waals surface area contributed by atoms with Crippen LogP contribution in [0.25, 0.3) is 0 Å². The number of amides is 1. The maximum Gasteiger partial charge on any atom is 0.240 e. The molecule has 6 nitrogen and oxygen atoms in total. The van der Waals surface area contributed by atoms with Gasteiger partial charge in [0.25, 0.3) is 0 Å². The van der Waals surface area contributed by atoms with Crippen molar-refractivity contribution in [3.8, 4) is 0 Å². The van der Waals surface area contributed by atoms with Gasteiger partial charge in [0.05, 0.1) is 12.4 Å². The first kappa shape index (κ1) is 17.4. The Labute approximate surface area is 137 Å². The molecule has 0 spiro atoms. The predicted molar refractivity (Wildman–Crippen MR) is 92.8 cm³/mol. The second-order valence-electron chi connectivity index (χ2n) is 5.97. The number of benzene rings is 1. The van der Waals surface area contributed by atoms with Gasteiger partial charge in [0.2, 0.25) is 5.91 Å². The molecule has 0 aromatic heterocycles. The molecule has 1 aromatic rings. The summed E-state index contributed by atoms with van der Waals surface area (Å²) in [5.41, 5.74) is 9.64. The summed E-state index contributed by atoms with van der Waals surface area (Å²) in [4.78, 5) is 18.7. The monoisotopic (exact) mass is 317 g/mol. The number of rotatable bonds is 8. The fourth-order valence-corrected chi connectivity index (χ4v) is 3.13. The highest BCUT2D eigenvalue weighted by Gasteiger charge is 2.31. The van der Waals surface area contributed by atoms with E-state index in [0.29, 0.717) is 12.5 Å². The van der Waals surface area contributed by atoms with Crippen LogP contribution in [0.5, 0.6) is 0 Å². The zero-order chi connectivity index (χ0) is 16.5. The Morgan fingerprint density at radius 1 is 1.43 bits per heavy atom. The van der Waals surface area contributed by atoms with Crippen molar-refractivity contribution in [3.05, 3.63) is 35.9 Å². The number of nitrogens with zero attached hydrogens (tertiary/aromatic N) is 2. The van der Waals surface area contributed by atoms with Crippen LogP contribution in [0.4, 0.5) is 0 Å². The van der Waals surface area contributed by atoms with E-state index in [9.17, 15) is 4.79 Å². The third-order valence-corrected chi connectivity index (χ3v) is 4.27. The second kappa shape index (κ2) is 9.27. The van der Waals surface area contributed by atoms with E-state index in [-0.39, 0.29) is 5.91 Å². The van der Waals surface area contributed by atoms with E-state index in [1.54, 1.807) is 0 Å². The number of hydrogen-bond donors (Lipinski definition) is 3. The number of likely N-dealkylation sites (tertiary alicyclic amines) is 1. The van der Waals surface area contributed by atoms with Crippen molar-refractivity contribution in [3.63, 3.8) is 0 Å². The molecule has 0 radical (unpaired) electrons. The smallest absolute Gasteiger partial charge is 0.240 e. The highest BCUT2D eigenvalue weighted by molar-refractivity contribution is 5.82. The molecule has 1 aliphatic heterocycles. The van der Waals surface area contributed by atoms with Crippen molar-refractivity contribution in [2.75, 3.05) is 13.1 Å². The van der Waals surface area contributed by atoms with Crippen LogP contribution < -0.4 is 17.0 Å². The van der Waals surface area contributed by atoms with E-state index >= 15 is 0 Å². The molecule has 1 heterocycles. The van der Waals surface area contributed by atoms with Gasteiger partial charge in [-0.15, -0.1) is 0 Å². The Balaban J connectivity index is 1.83. The number of hydrogen-bond acceptors (Lipinski definition) is 4. The molecule has 1 amide bonds. The van der Waals surface area contributed by atoms with Gasteiger partial charge in [-0.25, -0.2) is 5.84 Å². The molecule has 2 unspecified atom stereocenters. The Hall–Kier alpha value is -1.92. The number of nitrogens with one attached hydrogen (secondary N) is 1. The van der Waals surface area contributed by atoms with Crippen LogP contribution in [0.1, 0.15) is 31.2 Å². The Morgan fingerprint density at radius 3 is 2.96 bits per heavy atom. The van der Waals surface area contributed by atoms with Gasteiger partial charge >= 0.3 is 0 Å². The summed E-state index contributed by atoms with van der Waals surface area (Å²) in [5, 5.41) is 0. The summed E-state index contributed by atoms with van der Waals surface area (Å²) in [6.45, 7) is 1.54. The third kappa shape index (κ3) is 5.33. The molecule has 1 aromatic carbocycles. The molecule has 0 bridgehead atoms. The van der Waals surface area contributed by atoms with E-state index < -0.39 is 6.04 Å². The second-order valence-corrected chi connectivity index (χ2v) is 5.97. The van der Waals surface area contributed by atoms with Crippen LogP contribution in [0.2, 0.25) is 0 Å². The summed E-state index contributed by atoms with van der Waals surface area (Å²) in [6.07, 6.45) is 6.11. The molecule has 2 rings (SSSR count). The first-order valence-corrected chi connectivity index (χ1v) is 8.26. The molecule has 1 aliphatic rings. The molecular weight excluding hydrogens is 290 g/mol. The minimum Gasteiger partial charge on any atom is -0.338 e. The quantitative estimate of drug-likeness (QED) is 0.217. The molecule has 1 fully saturated rings. The summed E-state index contributed by atoms with van der Waals surface area (Å²) in [6, 6.07) is 9.78. The van der Waals surface area contributed by atoms with Gasteiger partial charge in [-0.2, -0.15) is 0 Å². The fraction of sp³-hybridized carbons (Fsp3) is 0.529. The third-order valence-electron chi connectivity index (χ3n) is 4.27. The van der Waals surface area contributed by atoms with Crippen molar-refractivity contribution in [1.29, 1.82) is 0 Å². The highest BCUT2D eigenvalue weighted by atomic mass is 16.2. The molecule has 126 valence electrons. The lowest BCUT2D eigenvalue weighted by atomic mass is 10.0. The van der Waals surface area contributed by atoms with Crippen molar-refractivity contribution < 1.29 is 4.79 Å². The molecule has 6 heteroatoms. The fourth-order valence-electron chi connectivity index (χ4n) is 3.13. The molecule has 2 atom stereocenters. The number of aliphatic imine (C=N–C) groups is 1. The van der Waals surface area contributed by atoms with E-state index in [0.717, 1.165) is 44.3 Å². The minimum atomic E-state index is -0.461. The van der Waals surface area contributed by atoms with Crippen molar-refractivity contribution in [2.24, 2.45) is 16.6 Å². The maximum absolute atomic E-state index is 12.6. The highest BCUT2D eigenvalue weighted by Crippen LogP contribution is 2.22. The van der Waals surface area contributed by atoms with Gasteiger partial charge in [0.15, 0.2) is 0 Å². The van der Waals surface area contributed by atoms with Crippen LogP contribution in [-0.4, -0.2) is 42.3 Å².